The number of hydrogen-bond donors (Lipinski definition) is 0. The van der Waals surface area contributed by atoms with Crippen molar-refractivity contribution in [3.05, 3.63) is 75.4 Å². The van der Waals surface area contributed by atoms with E-state index in [1.165, 1.54) is 6.07 Å². The summed E-state index contributed by atoms with van der Waals surface area (Å²) in [5.74, 6) is -0.0904. The zero-order valence-corrected chi connectivity index (χ0v) is 16.9. The SMILES string of the molecule is Cc1ccc2c(=O)cc(C(=O)N3CCN(CCc4ccccn4)CC3)oc2c1C. The summed E-state index contributed by atoms with van der Waals surface area (Å²) in [7, 11) is 0. The first-order valence-corrected chi connectivity index (χ1v) is 9.98. The van der Waals surface area contributed by atoms with E-state index in [1.807, 2.05) is 44.3 Å². The number of aryl methyl sites for hydroxylation is 2. The minimum atomic E-state index is -0.214. The molecule has 29 heavy (non-hydrogen) atoms. The standard InChI is InChI=1S/C23H25N3O3/c1-16-6-7-19-20(27)15-21(29-22(19)17(16)2)23(28)26-13-11-25(12-14-26)10-8-18-5-3-4-9-24-18/h3-7,9,15H,8,10-14H2,1-2H3. The van der Waals surface area contributed by atoms with E-state index in [0.717, 1.165) is 42.9 Å². The van der Waals surface area contributed by atoms with Crippen LogP contribution in [-0.4, -0.2) is 53.4 Å². The topological polar surface area (TPSA) is 66.7 Å². The van der Waals surface area contributed by atoms with Crippen molar-refractivity contribution < 1.29 is 9.21 Å². The molecule has 6 heteroatoms. The van der Waals surface area contributed by atoms with Gasteiger partial charge in [-0.2, -0.15) is 0 Å². The molecule has 0 aliphatic carbocycles. The second-order valence-corrected chi connectivity index (χ2v) is 7.56. The maximum Gasteiger partial charge on any atom is 0.289 e. The number of rotatable bonds is 4. The summed E-state index contributed by atoms with van der Waals surface area (Å²) in [4.78, 5) is 33.9. The molecule has 1 aliphatic rings. The summed E-state index contributed by atoms with van der Waals surface area (Å²) < 4.78 is 5.89. The number of hydrogen-bond acceptors (Lipinski definition) is 5. The van der Waals surface area contributed by atoms with Gasteiger partial charge in [-0.1, -0.05) is 12.1 Å². The average molecular weight is 391 g/mol. The lowest BCUT2D eigenvalue weighted by Gasteiger charge is -2.34. The number of carbonyl (C=O) groups excluding carboxylic acids is 1. The van der Waals surface area contributed by atoms with Crippen LogP contribution >= 0.6 is 0 Å². The molecule has 4 rings (SSSR count). The van der Waals surface area contributed by atoms with Crippen molar-refractivity contribution in [2.24, 2.45) is 0 Å². The fourth-order valence-electron chi connectivity index (χ4n) is 3.71. The number of pyridine rings is 1. The minimum absolute atomic E-state index is 0.123. The van der Waals surface area contributed by atoms with Crippen LogP contribution in [0.3, 0.4) is 0 Å². The predicted molar refractivity (Wildman–Crippen MR) is 112 cm³/mol. The lowest BCUT2D eigenvalue weighted by atomic mass is 10.1. The molecule has 1 fully saturated rings. The van der Waals surface area contributed by atoms with Crippen LogP contribution in [0.1, 0.15) is 27.4 Å². The Labute approximate surface area is 169 Å². The third-order valence-corrected chi connectivity index (χ3v) is 5.70. The Kier molecular flexibility index (Phi) is 5.45. The van der Waals surface area contributed by atoms with Gasteiger partial charge in [0.05, 0.1) is 5.39 Å². The molecule has 1 amide bonds. The predicted octanol–water partition coefficient (Wildman–Crippen LogP) is 2.81. The third kappa shape index (κ3) is 4.07. The molecule has 0 radical (unpaired) electrons. The van der Waals surface area contributed by atoms with Crippen LogP contribution in [0.4, 0.5) is 0 Å². The number of amides is 1. The van der Waals surface area contributed by atoms with Crippen LogP contribution in [0.5, 0.6) is 0 Å². The highest BCUT2D eigenvalue weighted by Gasteiger charge is 2.24. The van der Waals surface area contributed by atoms with Gasteiger partial charge >= 0.3 is 0 Å². The Morgan fingerprint density at radius 3 is 2.62 bits per heavy atom. The molecule has 1 aromatic carbocycles. The van der Waals surface area contributed by atoms with E-state index >= 15 is 0 Å². The fourth-order valence-corrected chi connectivity index (χ4v) is 3.71. The zero-order chi connectivity index (χ0) is 20.4. The number of fused-ring (bicyclic) bond motifs is 1. The molecule has 0 saturated carbocycles. The number of carbonyl (C=O) groups is 1. The molecule has 0 unspecified atom stereocenters. The van der Waals surface area contributed by atoms with Crippen molar-refractivity contribution in [1.82, 2.24) is 14.8 Å². The molecule has 2 aromatic heterocycles. The van der Waals surface area contributed by atoms with Gasteiger partial charge in [0, 0.05) is 57.1 Å². The van der Waals surface area contributed by atoms with Crippen molar-refractivity contribution >= 4 is 16.9 Å². The molecule has 1 saturated heterocycles. The van der Waals surface area contributed by atoms with E-state index in [-0.39, 0.29) is 17.1 Å². The van der Waals surface area contributed by atoms with Gasteiger partial charge in [0.2, 0.25) is 0 Å². The highest BCUT2D eigenvalue weighted by molar-refractivity contribution is 5.93. The summed E-state index contributed by atoms with van der Waals surface area (Å²) in [5.41, 5.74) is 3.34. The lowest BCUT2D eigenvalue weighted by molar-refractivity contribution is 0.0608. The van der Waals surface area contributed by atoms with E-state index in [2.05, 4.69) is 9.88 Å². The normalized spacial score (nSPS) is 15.0. The van der Waals surface area contributed by atoms with Crippen molar-refractivity contribution in [1.29, 1.82) is 0 Å². The molecule has 0 bridgehead atoms. The van der Waals surface area contributed by atoms with Crippen molar-refractivity contribution in [2.45, 2.75) is 20.3 Å². The van der Waals surface area contributed by atoms with Crippen LogP contribution in [-0.2, 0) is 6.42 Å². The van der Waals surface area contributed by atoms with Crippen molar-refractivity contribution in [3.63, 3.8) is 0 Å². The molecule has 0 N–H and O–H groups in total. The molecule has 6 nitrogen and oxygen atoms in total. The van der Waals surface area contributed by atoms with Gasteiger partial charge < -0.3 is 9.32 Å². The molecule has 3 heterocycles. The van der Waals surface area contributed by atoms with Crippen LogP contribution in [0.2, 0.25) is 0 Å². The maximum absolute atomic E-state index is 12.9. The van der Waals surface area contributed by atoms with Crippen LogP contribution in [0.15, 0.2) is 51.8 Å². The van der Waals surface area contributed by atoms with E-state index in [0.29, 0.717) is 24.1 Å². The second kappa shape index (κ2) is 8.17. The smallest absolute Gasteiger partial charge is 0.289 e. The highest BCUT2D eigenvalue weighted by Crippen LogP contribution is 2.21. The summed E-state index contributed by atoms with van der Waals surface area (Å²) in [5, 5.41) is 0.518. The van der Waals surface area contributed by atoms with E-state index < -0.39 is 0 Å². The van der Waals surface area contributed by atoms with Gasteiger partial charge in [-0.25, -0.2) is 0 Å². The first kappa shape index (κ1) is 19.3. The number of nitrogens with zero attached hydrogens (tertiary/aromatic N) is 3. The molecule has 0 spiro atoms. The quantitative estimate of drug-likeness (QED) is 0.684. The molecular formula is C23H25N3O3. The van der Waals surface area contributed by atoms with Gasteiger partial charge in [-0.15, -0.1) is 0 Å². The fraction of sp³-hybridized carbons (Fsp3) is 0.348. The van der Waals surface area contributed by atoms with E-state index in [4.69, 9.17) is 4.42 Å². The van der Waals surface area contributed by atoms with Gasteiger partial charge in [0.1, 0.15) is 5.58 Å². The number of benzene rings is 1. The van der Waals surface area contributed by atoms with Gasteiger partial charge in [-0.05, 0) is 43.2 Å². The Balaban J connectivity index is 1.43. The maximum atomic E-state index is 12.9. The minimum Gasteiger partial charge on any atom is -0.450 e. The number of piperazine rings is 1. The summed E-state index contributed by atoms with van der Waals surface area (Å²) >= 11 is 0. The monoisotopic (exact) mass is 391 g/mol. The van der Waals surface area contributed by atoms with Crippen LogP contribution < -0.4 is 5.43 Å². The number of aromatic nitrogens is 1. The first-order chi connectivity index (χ1) is 14.0. The van der Waals surface area contributed by atoms with E-state index in [9.17, 15) is 9.59 Å². The largest absolute Gasteiger partial charge is 0.450 e. The highest BCUT2D eigenvalue weighted by atomic mass is 16.3. The summed E-state index contributed by atoms with van der Waals surface area (Å²) in [6.07, 6.45) is 2.71. The van der Waals surface area contributed by atoms with Crippen molar-refractivity contribution in [2.75, 3.05) is 32.7 Å². The van der Waals surface area contributed by atoms with E-state index in [1.54, 1.807) is 11.0 Å². The third-order valence-electron chi connectivity index (χ3n) is 5.70. The summed E-state index contributed by atoms with van der Waals surface area (Å²) in [6.45, 7) is 7.64. The molecular weight excluding hydrogens is 366 g/mol. The van der Waals surface area contributed by atoms with Gasteiger partial charge in [-0.3, -0.25) is 19.5 Å². The van der Waals surface area contributed by atoms with Crippen LogP contribution in [0, 0.1) is 13.8 Å². The lowest BCUT2D eigenvalue weighted by Crippen LogP contribution is -2.49. The zero-order valence-electron chi connectivity index (χ0n) is 16.9. The van der Waals surface area contributed by atoms with Gasteiger partial charge in [0.25, 0.3) is 5.91 Å². The Bertz CT molecular complexity index is 1080. The average Bonchev–Trinajstić information content (AvgIpc) is 2.75. The molecule has 0 atom stereocenters. The first-order valence-electron chi connectivity index (χ1n) is 9.98. The van der Waals surface area contributed by atoms with Gasteiger partial charge in [0.15, 0.2) is 11.2 Å². The Morgan fingerprint density at radius 2 is 1.90 bits per heavy atom. The second-order valence-electron chi connectivity index (χ2n) is 7.56. The molecule has 3 aromatic rings. The Morgan fingerprint density at radius 1 is 1.10 bits per heavy atom. The molecule has 1 aliphatic heterocycles. The van der Waals surface area contributed by atoms with Crippen molar-refractivity contribution in [3.8, 4) is 0 Å². The Hall–Kier alpha value is -2.99. The van der Waals surface area contributed by atoms with Crippen LogP contribution in [0.25, 0.3) is 11.0 Å². The summed E-state index contributed by atoms with van der Waals surface area (Å²) in [6, 6.07) is 10.9. The molecule has 150 valence electrons.